The molecule has 0 spiro atoms. The van der Waals surface area contributed by atoms with Gasteiger partial charge in [-0.25, -0.2) is 8.42 Å². The lowest BCUT2D eigenvalue weighted by atomic mass is 10.2. The molecule has 4 rings (SSSR count). The Hall–Kier alpha value is -2.65. The number of benzene rings is 1. The van der Waals surface area contributed by atoms with E-state index in [0.29, 0.717) is 55.2 Å². The van der Waals surface area contributed by atoms with E-state index in [9.17, 15) is 13.7 Å². The molecule has 0 bridgehead atoms. The number of nitrogens with zero attached hydrogens (tertiary/aromatic N) is 5. The van der Waals surface area contributed by atoms with Crippen LogP contribution in [-0.4, -0.2) is 59.0 Å². The molecule has 9 nitrogen and oxygen atoms in total. The molecule has 11 heteroatoms. The Labute approximate surface area is 184 Å². The molecular weight excluding hydrogens is 438 g/mol. The maximum atomic E-state index is 13.1. The van der Waals surface area contributed by atoms with Crippen molar-refractivity contribution in [2.75, 3.05) is 26.3 Å². The summed E-state index contributed by atoms with van der Waals surface area (Å²) in [6.45, 7) is 3.56. The number of morpholine rings is 1. The van der Waals surface area contributed by atoms with Crippen LogP contribution >= 0.6 is 11.8 Å². The second-order valence-electron chi connectivity index (χ2n) is 6.91. The summed E-state index contributed by atoms with van der Waals surface area (Å²) in [6, 6.07) is 12.5. The highest BCUT2D eigenvalue weighted by Crippen LogP contribution is 2.29. The first-order valence-corrected chi connectivity index (χ1v) is 12.0. The monoisotopic (exact) mass is 459 g/mol. The van der Waals surface area contributed by atoms with Gasteiger partial charge in [-0.3, -0.25) is 4.57 Å². The van der Waals surface area contributed by atoms with Crippen LogP contribution in [0.3, 0.4) is 0 Å². The molecule has 0 amide bonds. The smallest absolute Gasteiger partial charge is 0.243 e. The number of hydrogen-bond donors (Lipinski definition) is 0. The van der Waals surface area contributed by atoms with Crippen LogP contribution in [0, 0.1) is 11.3 Å². The number of aromatic nitrogens is 3. The summed E-state index contributed by atoms with van der Waals surface area (Å²) in [7, 11) is -3.64. The van der Waals surface area contributed by atoms with Gasteiger partial charge in [0.25, 0.3) is 0 Å². The molecule has 1 fully saturated rings. The molecule has 3 heterocycles. The van der Waals surface area contributed by atoms with Gasteiger partial charge < -0.3 is 9.15 Å². The average Bonchev–Trinajstić information content (AvgIpc) is 3.45. The first-order valence-electron chi connectivity index (χ1n) is 9.69. The van der Waals surface area contributed by atoms with Crippen LogP contribution < -0.4 is 0 Å². The van der Waals surface area contributed by atoms with Crippen LogP contribution in [0.5, 0.6) is 0 Å². The average molecular weight is 460 g/mol. The number of nitriles is 1. The molecule has 1 aromatic carbocycles. The second-order valence-corrected chi connectivity index (χ2v) is 10.2. The van der Waals surface area contributed by atoms with Gasteiger partial charge in [0.2, 0.25) is 10.0 Å². The van der Waals surface area contributed by atoms with Gasteiger partial charge in [0, 0.05) is 18.7 Å². The molecule has 0 N–H and O–H groups in total. The molecule has 1 unspecified atom stereocenters. The fourth-order valence-electron chi connectivity index (χ4n) is 3.21. The van der Waals surface area contributed by atoms with Crippen LogP contribution in [0.4, 0.5) is 0 Å². The summed E-state index contributed by atoms with van der Waals surface area (Å²) < 4.78 is 40.2. The number of ether oxygens (including phenoxy) is 1. The molecule has 0 radical (unpaired) electrons. The van der Waals surface area contributed by atoms with Crippen molar-refractivity contribution >= 4 is 21.8 Å². The first-order chi connectivity index (χ1) is 15.0. The van der Waals surface area contributed by atoms with E-state index in [1.165, 1.54) is 16.1 Å². The molecule has 0 saturated carbocycles. The van der Waals surface area contributed by atoms with E-state index in [-0.39, 0.29) is 10.1 Å². The summed E-state index contributed by atoms with van der Waals surface area (Å²) in [5, 5.41) is 18.0. The fourth-order valence-corrected chi connectivity index (χ4v) is 5.40. The van der Waals surface area contributed by atoms with Crippen molar-refractivity contribution < 1.29 is 17.6 Å². The molecule has 2 aromatic heterocycles. The van der Waals surface area contributed by atoms with Crippen molar-refractivity contribution in [3.8, 4) is 17.5 Å². The van der Waals surface area contributed by atoms with Crippen molar-refractivity contribution in [1.29, 1.82) is 5.26 Å². The normalized spacial score (nSPS) is 16.1. The van der Waals surface area contributed by atoms with E-state index in [4.69, 9.17) is 9.15 Å². The summed E-state index contributed by atoms with van der Waals surface area (Å²) in [4.78, 5) is 0.194. The maximum absolute atomic E-state index is 13.1. The molecule has 3 aromatic rings. The van der Waals surface area contributed by atoms with E-state index in [2.05, 4.69) is 16.3 Å². The maximum Gasteiger partial charge on any atom is 0.243 e. The number of hydrogen-bond acceptors (Lipinski definition) is 8. The summed E-state index contributed by atoms with van der Waals surface area (Å²) >= 11 is 1.29. The van der Waals surface area contributed by atoms with Crippen LogP contribution in [0.15, 0.2) is 57.1 Å². The van der Waals surface area contributed by atoms with E-state index in [0.717, 1.165) is 0 Å². The van der Waals surface area contributed by atoms with Gasteiger partial charge in [-0.1, -0.05) is 23.9 Å². The molecule has 1 aliphatic heterocycles. The van der Waals surface area contributed by atoms with Crippen molar-refractivity contribution in [2.45, 2.75) is 28.8 Å². The van der Waals surface area contributed by atoms with Crippen LogP contribution in [-0.2, 0) is 21.3 Å². The zero-order chi connectivity index (χ0) is 21.8. The third-order valence-electron chi connectivity index (χ3n) is 4.77. The zero-order valence-corrected chi connectivity index (χ0v) is 18.5. The summed E-state index contributed by atoms with van der Waals surface area (Å²) in [6.07, 6.45) is 1.58. The third-order valence-corrected chi connectivity index (χ3v) is 7.64. The standard InChI is InChI=1S/C20H21N5O4S2/c1-15(13-21)30-20-23-22-19(25(20)14-17-5-3-9-29-17)16-4-2-6-18(12-16)31(26,27)24-7-10-28-11-8-24/h2-6,9,12,15H,7-8,10-11,14H2,1H3. The number of rotatable bonds is 7. The topological polar surface area (TPSA) is 114 Å². The Kier molecular flexibility index (Phi) is 6.43. The van der Waals surface area contributed by atoms with Gasteiger partial charge >= 0.3 is 0 Å². The van der Waals surface area contributed by atoms with Crippen molar-refractivity contribution in [3.63, 3.8) is 0 Å². The number of sulfonamides is 1. The van der Waals surface area contributed by atoms with Crippen molar-refractivity contribution in [3.05, 3.63) is 48.4 Å². The predicted octanol–water partition coefficient (Wildman–Crippen LogP) is 2.61. The quantitative estimate of drug-likeness (QED) is 0.495. The van der Waals surface area contributed by atoms with Gasteiger partial charge in [0.1, 0.15) is 5.76 Å². The van der Waals surface area contributed by atoms with Crippen molar-refractivity contribution in [2.24, 2.45) is 0 Å². The zero-order valence-electron chi connectivity index (χ0n) is 16.8. The Morgan fingerprint density at radius 3 is 2.74 bits per heavy atom. The Balaban J connectivity index is 1.72. The summed E-state index contributed by atoms with van der Waals surface area (Å²) in [5.74, 6) is 1.20. The minimum Gasteiger partial charge on any atom is -0.467 e. The third kappa shape index (κ3) is 4.67. The first kappa shape index (κ1) is 21.6. The Morgan fingerprint density at radius 2 is 2.03 bits per heavy atom. The number of thioether (sulfide) groups is 1. The van der Waals surface area contributed by atoms with Crippen LogP contribution in [0.2, 0.25) is 0 Å². The van der Waals surface area contributed by atoms with Crippen molar-refractivity contribution in [1.82, 2.24) is 19.1 Å². The second kappa shape index (κ2) is 9.23. The van der Waals surface area contributed by atoms with Crippen LogP contribution in [0.1, 0.15) is 12.7 Å². The lowest BCUT2D eigenvalue weighted by molar-refractivity contribution is 0.0730. The van der Waals surface area contributed by atoms with E-state index in [1.54, 1.807) is 43.5 Å². The SMILES string of the molecule is CC(C#N)Sc1nnc(-c2cccc(S(=O)(=O)N3CCOCC3)c2)n1Cc1ccco1. The van der Waals surface area contributed by atoms with Gasteiger partial charge in [-0.15, -0.1) is 10.2 Å². The molecule has 1 atom stereocenters. The molecule has 162 valence electrons. The molecule has 1 saturated heterocycles. The molecule has 0 aliphatic carbocycles. The van der Waals surface area contributed by atoms with Gasteiger partial charge in [-0.05, 0) is 31.2 Å². The Bertz CT molecular complexity index is 1180. The van der Waals surface area contributed by atoms with E-state index >= 15 is 0 Å². The van der Waals surface area contributed by atoms with Gasteiger partial charge in [0.15, 0.2) is 11.0 Å². The van der Waals surface area contributed by atoms with Gasteiger partial charge in [-0.2, -0.15) is 9.57 Å². The highest BCUT2D eigenvalue weighted by molar-refractivity contribution is 8.00. The fraction of sp³-hybridized carbons (Fsp3) is 0.350. The number of furan rings is 1. The van der Waals surface area contributed by atoms with E-state index < -0.39 is 10.0 Å². The largest absolute Gasteiger partial charge is 0.467 e. The highest BCUT2D eigenvalue weighted by Gasteiger charge is 2.27. The molecule has 1 aliphatic rings. The lowest BCUT2D eigenvalue weighted by Gasteiger charge is -2.26. The predicted molar refractivity (Wildman–Crippen MR) is 114 cm³/mol. The molecular formula is C20H21N5O4S2. The minimum absolute atomic E-state index is 0.194. The van der Waals surface area contributed by atoms with E-state index in [1.807, 2.05) is 10.6 Å². The van der Waals surface area contributed by atoms with Gasteiger partial charge in [0.05, 0.1) is 42.2 Å². The molecule has 31 heavy (non-hydrogen) atoms. The Morgan fingerprint density at radius 1 is 1.23 bits per heavy atom. The summed E-state index contributed by atoms with van der Waals surface area (Å²) in [5.41, 5.74) is 0.616. The van der Waals surface area contributed by atoms with Crippen LogP contribution in [0.25, 0.3) is 11.4 Å². The highest BCUT2D eigenvalue weighted by atomic mass is 32.2. The minimum atomic E-state index is -3.64. The lowest BCUT2D eigenvalue weighted by Crippen LogP contribution is -2.40.